The summed E-state index contributed by atoms with van der Waals surface area (Å²) in [6.07, 6.45) is 0. The van der Waals surface area contributed by atoms with Gasteiger partial charge in [-0.2, -0.15) is 0 Å². The summed E-state index contributed by atoms with van der Waals surface area (Å²) >= 11 is 0. The molecule has 74 valence electrons. The van der Waals surface area contributed by atoms with Crippen molar-refractivity contribution in [3.63, 3.8) is 0 Å². The molecule has 0 aliphatic carbocycles. The monoisotopic (exact) mass is 176 g/mol. The lowest BCUT2D eigenvalue weighted by atomic mass is 10.3. The highest BCUT2D eigenvalue weighted by Gasteiger charge is 1.95. The van der Waals surface area contributed by atoms with Crippen molar-refractivity contribution in [3.05, 3.63) is 0 Å². The smallest absolute Gasteiger partial charge is 0.0700 e. The molecule has 12 heavy (non-hydrogen) atoms. The van der Waals surface area contributed by atoms with Gasteiger partial charge in [-0.1, -0.05) is 0 Å². The molecule has 0 rings (SSSR count). The van der Waals surface area contributed by atoms with E-state index in [2.05, 4.69) is 12.2 Å². The average Bonchev–Trinajstić information content (AvgIpc) is 2.10. The summed E-state index contributed by atoms with van der Waals surface area (Å²) in [5.74, 6) is 0. The maximum Gasteiger partial charge on any atom is 0.0700 e. The molecular formula is C8H20N2O2. The van der Waals surface area contributed by atoms with Crippen molar-refractivity contribution in [2.45, 2.75) is 13.0 Å². The van der Waals surface area contributed by atoms with Crippen LogP contribution in [0.25, 0.3) is 0 Å². The Morgan fingerprint density at radius 1 is 1.33 bits per heavy atom. The van der Waals surface area contributed by atoms with Crippen molar-refractivity contribution >= 4 is 0 Å². The molecule has 0 aromatic carbocycles. The molecule has 0 bridgehead atoms. The van der Waals surface area contributed by atoms with Crippen molar-refractivity contribution in [1.29, 1.82) is 0 Å². The molecule has 0 heterocycles. The second-order valence-corrected chi connectivity index (χ2v) is 2.70. The molecule has 0 aromatic rings. The highest BCUT2D eigenvalue weighted by molar-refractivity contribution is 4.59. The van der Waals surface area contributed by atoms with E-state index < -0.39 is 0 Å². The quantitative estimate of drug-likeness (QED) is 0.493. The second-order valence-electron chi connectivity index (χ2n) is 2.70. The fourth-order valence-corrected chi connectivity index (χ4v) is 0.705. The Morgan fingerprint density at radius 3 is 2.67 bits per heavy atom. The van der Waals surface area contributed by atoms with Crippen molar-refractivity contribution in [2.24, 2.45) is 5.73 Å². The van der Waals surface area contributed by atoms with Crippen LogP contribution in [0.15, 0.2) is 0 Å². The third-order valence-corrected chi connectivity index (χ3v) is 1.52. The first kappa shape index (κ1) is 11.8. The van der Waals surface area contributed by atoms with Crippen molar-refractivity contribution < 1.29 is 9.47 Å². The summed E-state index contributed by atoms with van der Waals surface area (Å²) < 4.78 is 10.1. The van der Waals surface area contributed by atoms with Crippen LogP contribution in [0.2, 0.25) is 0 Å². The third kappa shape index (κ3) is 7.94. The molecule has 0 saturated carbocycles. The Hall–Kier alpha value is -0.160. The van der Waals surface area contributed by atoms with Gasteiger partial charge in [-0.3, -0.25) is 0 Å². The number of hydrogen-bond donors (Lipinski definition) is 2. The number of ether oxygens (including phenoxy) is 2. The van der Waals surface area contributed by atoms with E-state index in [1.807, 2.05) is 0 Å². The van der Waals surface area contributed by atoms with Crippen LogP contribution in [0, 0.1) is 0 Å². The van der Waals surface area contributed by atoms with E-state index >= 15 is 0 Å². The maximum absolute atomic E-state index is 5.41. The fourth-order valence-electron chi connectivity index (χ4n) is 0.705. The van der Waals surface area contributed by atoms with E-state index in [4.69, 9.17) is 15.2 Å². The first-order chi connectivity index (χ1) is 5.81. The van der Waals surface area contributed by atoms with E-state index in [-0.39, 0.29) is 0 Å². The van der Waals surface area contributed by atoms with Gasteiger partial charge in [0.25, 0.3) is 0 Å². The summed E-state index contributed by atoms with van der Waals surface area (Å²) in [6.45, 7) is 5.60. The Labute approximate surface area is 74.4 Å². The van der Waals surface area contributed by atoms with Gasteiger partial charge in [0.1, 0.15) is 0 Å². The molecule has 4 nitrogen and oxygen atoms in total. The van der Waals surface area contributed by atoms with E-state index in [0.29, 0.717) is 32.4 Å². The number of nitrogens with two attached hydrogens (primary N) is 1. The van der Waals surface area contributed by atoms with Gasteiger partial charge in [0.15, 0.2) is 0 Å². The summed E-state index contributed by atoms with van der Waals surface area (Å²) in [4.78, 5) is 0. The van der Waals surface area contributed by atoms with Gasteiger partial charge in [0.05, 0.1) is 19.8 Å². The Balaban J connectivity index is 2.90. The normalized spacial score (nSPS) is 13.2. The molecule has 4 heteroatoms. The number of nitrogens with one attached hydrogen (secondary N) is 1. The van der Waals surface area contributed by atoms with Crippen LogP contribution in [0.4, 0.5) is 0 Å². The van der Waals surface area contributed by atoms with Crippen LogP contribution in [-0.2, 0) is 9.47 Å². The standard InChI is InChI=1S/C8H20N2O2/c1-8(7-9)10-3-4-12-6-5-11-2/h8,10H,3-7,9H2,1-2H3. The van der Waals surface area contributed by atoms with Gasteiger partial charge >= 0.3 is 0 Å². The van der Waals surface area contributed by atoms with Crippen LogP contribution < -0.4 is 11.1 Å². The Bertz CT molecular complexity index is 91.1. The van der Waals surface area contributed by atoms with Crippen LogP contribution in [0.3, 0.4) is 0 Å². The second kappa shape index (κ2) is 8.93. The number of hydrogen-bond acceptors (Lipinski definition) is 4. The lowest BCUT2D eigenvalue weighted by molar-refractivity contribution is 0.0713. The van der Waals surface area contributed by atoms with Crippen LogP contribution in [0.1, 0.15) is 6.92 Å². The fraction of sp³-hybridized carbons (Fsp3) is 1.00. The lowest BCUT2D eigenvalue weighted by Gasteiger charge is -2.10. The summed E-state index contributed by atoms with van der Waals surface area (Å²) in [6, 6.07) is 0.371. The van der Waals surface area contributed by atoms with Crippen LogP contribution in [-0.4, -0.2) is 46.1 Å². The molecule has 0 radical (unpaired) electrons. The zero-order valence-electron chi connectivity index (χ0n) is 8.01. The Kier molecular flexibility index (Phi) is 8.81. The zero-order chi connectivity index (χ0) is 9.23. The Morgan fingerprint density at radius 2 is 2.08 bits per heavy atom. The average molecular weight is 176 g/mol. The molecular weight excluding hydrogens is 156 g/mol. The minimum Gasteiger partial charge on any atom is -0.382 e. The predicted molar refractivity (Wildman–Crippen MR) is 49.2 cm³/mol. The van der Waals surface area contributed by atoms with Crippen molar-refractivity contribution in [2.75, 3.05) is 40.0 Å². The predicted octanol–water partition coefficient (Wildman–Crippen LogP) is -0.414. The van der Waals surface area contributed by atoms with Crippen molar-refractivity contribution in [3.8, 4) is 0 Å². The summed E-state index contributed by atoms with van der Waals surface area (Å²) in [7, 11) is 1.66. The molecule has 0 amide bonds. The molecule has 1 atom stereocenters. The summed E-state index contributed by atoms with van der Waals surface area (Å²) in [5, 5.41) is 3.22. The van der Waals surface area contributed by atoms with Gasteiger partial charge in [-0.05, 0) is 6.92 Å². The molecule has 0 aliphatic rings. The van der Waals surface area contributed by atoms with E-state index in [9.17, 15) is 0 Å². The number of rotatable bonds is 8. The summed E-state index contributed by atoms with van der Waals surface area (Å²) in [5.41, 5.74) is 5.41. The van der Waals surface area contributed by atoms with Crippen LogP contribution >= 0.6 is 0 Å². The zero-order valence-corrected chi connectivity index (χ0v) is 8.01. The molecule has 0 fully saturated rings. The molecule has 0 aromatic heterocycles. The van der Waals surface area contributed by atoms with E-state index in [0.717, 1.165) is 6.54 Å². The number of methoxy groups -OCH3 is 1. The maximum atomic E-state index is 5.41. The minimum atomic E-state index is 0.371. The minimum absolute atomic E-state index is 0.371. The van der Waals surface area contributed by atoms with Crippen molar-refractivity contribution in [1.82, 2.24) is 5.32 Å². The third-order valence-electron chi connectivity index (χ3n) is 1.52. The first-order valence-corrected chi connectivity index (χ1v) is 4.31. The van der Waals surface area contributed by atoms with Gasteiger partial charge < -0.3 is 20.5 Å². The largest absolute Gasteiger partial charge is 0.382 e. The van der Waals surface area contributed by atoms with E-state index in [1.165, 1.54) is 0 Å². The molecule has 0 aliphatic heterocycles. The van der Waals surface area contributed by atoms with Gasteiger partial charge in [0.2, 0.25) is 0 Å². The topological polar surface area (TPSA) is 56.5 Å². The highest BCUT2D eigenvalue weighted by Crippen LogP contribution is 1.77. The van der Waals surface area contributed by atoms with Crippen LogP contribution in [0.5, 0.6) is 0 Å². The highest BCUT2D eigenvalue weighted by atomic mass is 16.5. The first-order valence-electron chi connectivity index (χ1n) is 4.31. The van der Waals surface area contributed by atoms with Gasteiger partial charge in [-0.25, -0.2) is 0 Å². The molecule has 3 N–H and O–H groups in total. The van der Waals surface area contributed by atoms with E-state index in [1.54, 1.807) is 7.11 Å². The van der Waals surface area contributed by atoms with Gasteiger partial charge in [0, 0.05) is 26.2 Å². The SMILES string of the molecule is COCCOCCNC(C)CN. The van der Waals surface area contributed by atoms with Gasteiger partial charge in [-0.15, -0.1) is 0 Å². The molecule has 1 unspecified atom stereocenters. The molecule has 0 saturated heterocycles. The molecule has 0 spiro atoms. The lowest BCUT2D eigenvalue weighted by Crippen LogP contribution is -2.35.